The zero-order valence-corrected chi connectivity index (χ0v) is 12.3. The molecule has 1 aromatic heterocycles. The average Bonchev–Trinajstić information content (AvgIpc) is 2.88. The molecule has 7 heteroatoms. The van der Waals surface area contributed by atoms with Crippen LogP contribution in [0.5, 0.6) is 0 Å². The maximum Gasteiger partial charge on any atom is 0.328 e. The van der Waals surface area contributed by atoms with Gasteiger partial charge in [-0.05, 0) is 19.3 Å². The first-order valence-corrected chi connectivity index (χ1v) is 7.13. The molecule has 21 heavy (non-hydrogen) atoms. The van der Waals surface area contributed by atoms with Crippen molar-refractivity contribution >= 4 is 5.97 Å². The van der Waals surface area contributed by atoms with Gasteiger partial charge in [0.25, 0.3) is 5.56 Å². The van der Waals surface area contributed by atoms with Gasteiger partial charge in [-0.1, -0.05) is 6.92 Å². The predicted octanol–water partition coefficient (Wildman–Crippen LogP) is 0.730. The molecule has 2 heterocycles. The van der Waals surface area contributed by atoms with E-state index in [1.807, 2.05) is 6.92 Å². The van der Waals surface area contributed by atoms with Gasteiger partial charge in [-0.2, -0.15) is 0 Å². The molecule has 1 saturated heterocycles. The number of carbonyl (C=O) groups excluding carboxylic acids is 1. The van der Waals surface area contributed by atoms with Crippen LogP contribution in [0.2, 0.25) is 0 Å². The van der Waals surface area contributed by atoms with E-state index in [1.165, 1.54) is 11.5 Å². The number of aromatic amines is 1. The van der Waals surface area contributed by atoms with E-state index in [0.29, 0.717) is 24.9 Å². The molecular formula is C14H20N2O5. The highest BCUT2D eigenvalue weighted by Crippen LogP contribution is 2.30. The Morgan fingerprint density at radius 2 is 2.24 bits per heavy atom. The van der Waals surface area contributed by atoms with Crippen LogP contribution in [0.15, 0.2) is 15.8 Å². The Bertz CT molecular complexity index is 619. The van der Waals surface area contributed by atoms with Gasteiger partial charge in [0.15, 0.2) is 0 Å². The van der Waals surface area contributed by atoms with E-state index in [4.69, 9.17) is 9.47 Å². The Labute approximate surface area is 121 Å². The summed E-state index contributed by atoms with van der Waals surface area (Å²) in [6, 6.07) is 0. The van der Waals surface area contributed by atoms with Crippen LogP contribution in [-0.2, 0) is 20.8 Å². The molecular weight excluding hydrogens is 276 g/mol. The van der Waals surface area contributed by atoms with E-state index in [9.17, 15) is 14.4 Å². The van der Waals surface area contributed by atoms with Crippen LogP contribution in [0.3, 0.4) is 0 Å². The number of carbonyl (C=O) groups is 1. The van der Waals surface area contributed by atoms with Gasteiger partial charge in [0.2, 0.25) is 0 Å². The Balaban J connectivity index is 2.12. The van der Waals surface area contributed by atoms with Crippen molar-refractivity contribution in [2.24, 2.45) is 0 Å². The number of rotatable bonds is 5. The lowest BCUT2D eigenvalue weighted by molar-refractivity contribution is -0.145. The highest BCUT2D eigenvalue weighted by Gasteiger charge is 2.29. The second kappa shape index (κ2) is 6.71. The molecule has 7 nitrogen and oxygen atoms in total. The maximum atomic E-state index is 11.9. The topological polar surface area (TPSA) is 90.4 Å². The van der Waals surface area contributed by atoms with E-state index in [0.717, 1.165) is 6.42 Å². The summed E-state index contributed by atoms with van der Waals surface area (Å²) in [4.78, 5) is 36.7. The van der Waals surface area contributed by atoms with E-state index in [1.54, 1.807) is 6.20 Å². The van der Waals surface area contributed by atoms with Crippen LogP contribution in [0.4, 0.5) is 0 Å². The molecule has 1 aliphatic rings. The first kappa shape index (κ1) is 15.5. The standard InChI is InChI=1S/C14H20N2O5/c1-3-6-16-7-11(13(18)15-14(16)19)12-5-4-10(21-12)8-20-9(2)17/h7,10,12H,3-6,8H2,1-2H3,(H,15,18,19). The van der Waals surface area contributed by atoms with Crippen LogP contribution in [0, 0.1) is 0 Å². The summed E-state index contributed by atoms with van der Waals surface area (Å²) in [5, 5.41) is 0. The number of aromatic nitrogens is 2. The molecule has 0 radical (unpaired) electrons. The predicted molar refractivity (Wildman–Crippen MR) is 75.1 cm³/mol. The van der Waals surface area contributed by atoms with Crippen molar-refractivity contribution in [3.63, 3.8) is 0 Å². The summed E-state index contributed by atoms with van der Waals surface area (Å²) in [6.45, 7) is 4.04. The second-order valence-electron chi connectivity index (χ2n) is 5.16. The Hall–Kier alpha value is -1.89. The Kier molecular flexibility index (Phi) is 4.95. The molecule has 2 atom stereocenters. The maximum absolute atomic E-state index is 11.9. The van der Waals surface area contributed by atoms with Crippen molar-refractivity contribution in [3.8, 4) is 0 Å². The summed E-state index contributed by atoms with van der Waals surface area (Å²) in [7, 11) is 0. The minimum absolute atomic E-state index is 0.193. The number of nitrogens with zero attached hydrogens (tertiary/aromatic N) is 1. The minimum Gasteiger partial charge on any atom is -0.463 e. The lowest BCUT2D eigenvalue weighted by Gasteiger charge is -2.14. The number of nitrogens with one attached hydrogen (secondary N) is 1. The Morgan fingerprint density at radius 1 is 1.48 bits per heavy atom. The third kappa shape index (κ3) is 3.81. The average molecular weight is 296 g/mol. The zero-order chi connectivity index (χ0) is 15.4. The number of esters is 1. The monoisotopic (exact) mass is 296 g/mol. The molecule has 1 N–H and O–H groups in total. The van der Waals surface area contributed by atoms with Crippen LogP contribution < -0.4 is 11.2 Å². The summed E-state index contributed by atoms with van der Waals surface area (Å²) >= 11 is 0. The number of H-pyrrole nitrogens is 1. The first-order valence-electron chi connectivity index (χ1n) is 7.13. The molecule has 1 fully saturated rings. The number of aryl methyl sites for hydroxylation is 1. The van der Waals surface area contributed by atoms with E-state index in [2.05, 4.69) is 4.98 Å². The summed E-state index contributed by atoms with van der Waals surface area (Å²) < 4.78 is 12.1. The second-order valence-corrected chi connectivity index (χ2v) is 5.16. The summed E-state index contributed by atoms with van der Waals surface area (Å²) in [6.07, 6.45) is 3.18. The summed E-state index contributed by atoms with van der Waals surface area (Å²) in [5.41, 5.74) is -0.362. The smallest absolute Gasteiger partial charge is 0.328 e. The van der Waals surface area contributed by atoms with E-state index in [-0.39, 0.29) is 24.8 Å². The molecule has 0 bridgehead atoms. The molecule has 1 aliphatic heterocycles. The SMILES string of the molecule is CCCn1cc(C2CCC(COC(C)=O)O2)c(=O)[nH]c1=O. The number of ether oxygens (including phenoxy) is 2. The van der Waals surface area contributed by atoms with Crippen molar-refractivity contribution in [3.05, 3.63) is 32.6 Å². The van der Waals surface area contributed by atoms with Gasteiger partial charge >= 0.3 is 11.7 Å². The molecule has 1 aromatic rings. The van der Waals surface area contributed by atoms with E-state index < -0.39 is 11.2 Å². The third-order valence-corrected chi connectivity index (χ3v) is 3.43. The molecule has 0 spiro atoms. The first-order chi connectivity index (χ1) is 10.0. The molecule has 0 saturated carbocycles. The van der Waals surface area contributed by atoms with Crippen LogP contribution in [0.1, 0.15) is 44.8 Å². The number of hydrogen-bond donors (Lipinski definition) is 1. The van der Waals surface area contributed by atoms with Crippen molar-refractivity contribution in [2.75, 3.05) is 6.61 Å². The van der Waals surface area contributed by atoms with Gasteiger partial charge in [0, 0.05) is 19.7 Å². The van der Waals surface area contributed by atoms with Crippen molar-refractivity contribution in [2.45, 2.75) is 51.9 Å². The molecule has 0 aliphatic carbocycles. The van der Waals surface area contributed by atoms with Gasteiger partial charge in [-0.15, -0.1) is 0 Å². The van der Waals surface area contributed by atoms with Crippen LogP contribution >= 0.6 is 0 Å². The molecule has 116 valence electrons. The molecule has 0 aromatic carbocycles. The van der Waals surface area contributed by atoms with Gasteiger partial charge in [-0.25, -0.2) is 4.79 Å². The highest BCUT2D eigenvalue weighted by molar-refractivity contribution is 5.65. The highest BCUT2D eigenvalue weighted by atomic mass is 16.6. The van der Waals surface area contributed by atoms with Gasteiger partial charge in [0.05, 0.1) is 17.8 Å². The quantitative estimate of drug-likeness (QED) is 0.809. The largest absolute Gasteiger partial charge is 0.463 e. The molecule has 2 rings (SSSR count). The van der Waals surface area contributed by atoms with Crippen LogP contribution in [0.25, 0.3) is 0 Å². The van der Waals surface area contributed by atoms with Gasteiger partial charge < -0.3 is 14.0 Å². The lowest BCUT2D eigenvalue weighted by atomic mass is 10.1. The molecule has 0 amide bonds. The van der Waals surface area contributed by atoms with Crippen molar-refractivity contribution in [1.29, 1.82) is 0 Å². The normalized spacial score (nSPS) is 21.4. The minimum atomic E-state index is -0.412. The van der Waals surface area contributed by atoms with Gasteiger partial charge in [0.1, 0.15) is 6.61 Å². The molecule has 2 unspecified atom stereocenters. The zero-order valence-electron chi connectivity index (χ0n) is 12.3. The van der Waals surface area contributed by atoms with Gasteiger partial charge in [-0.3, -0.25) is 14.6 Å². The van der Waals surface area contributed by atoms with Crippen molar-refractivity contribution < 1.29 is 14.3 Å². The van der Waals surface area contributed by atoms with Crippen molar-refractivity contribution in [1.82, 2.24) is 9.55 Å². The fraction of sp³-hybridized carbons (Fsp3) is 0.643. The fourth-order valence-corrected chi connectivity index (χ4v) is 2.43. The summed E-state index contributed by atoms with van der Waals surface area (Å²) in [5.74, 6) is -0.351. The van der Waals surface area contributed by atoms with Crippen LogP contribution in [-0.4, -0.2) is 28.2 Å². The third-order valence-electron chi connectivity index (χ3n) is 3.43. The lowest BCUT2D eigenvalue weighted by Crippen LogP contribution is -2.32. The fourth-order valence-electron chi connectivity index (χ4n) is 2.43. The Morgan fingerprint density at radius 3 is 2.90 bits per heavy atom. The number of hydrogen-bond acceptors (Lipinski definition) is 5. The van der Waals surface area contributed by atoms with E-state index >= 15 is 0 Å².